The lowest BCUT2D eigenvalue weighted by Gasteiger charge is -2.35. The first-order valence-corrected chi connectivity index (χ1v) is 7.46. The fraction of sp³-hybridized carbons (Fsp3) is 0.625. The minimum absolute atomic E-state index is 0.461. The van der Waals surface area contributed by atoms with E-state index >= 15 is 0 Å². The number of ether oxygens (including phenoxy) is 1. The third kappa shape index (κ3) is 4.78. The van der Waals surface area contributed by atoms with Crippen molar-refractivity contribution in [1.29, 1.82) is 0 Å². The molecule has 1 saturated heterocycles. The third-order valence-corrected chi connectivity index (χ3v) is 3.98. The number of piperidine rings is 1. The van der Waals surface area contributed by atoms with Crippen LogP contribution in [0.15, 0.2) is 24.3 Å². The number of hydrogen-bond acceptors (Lipinski definition) is 4. The SMILES string of the molecule is CC1(O)CCN(CCCOc2ccc(CN)cc2)CC1. The van der Waals surface area contributed by atoms with Gasteiger partial charge < -0.3 is 20.5 Å². The van der Waals surface area contributed by atoms with E-state index in [9.17, 15) is 5.11 Å². The molecule has 0 bridgehead atoms. The van der Waals surface area contributed by atoms with Crippen LogP contribution in [0.25, 0.3) is 0 Å². The second-order valence-corrected chi connectivity index (χ2v) is 5.89. The third-order valence-electron chi connectivity index (χ3n) is 3.98. The summed E-state index contributed by atoms with van der Waals surface area (Å²) < 4.78 is 5.72. The fourth-order valence-electron chi connectivity index (χ4n) is 2.46. The molecule has 4 nitrogen and oxygen atoms in total. The molecule has 2 rings (SSSR count). The monoisotopic (exact) mass is 278 g/mol. The summed E-state index contributed by atoms with van der Waals surface area (Å²) in [5.74, 6) is 0.906. The molecule has 112 valence electrons. The average molecular weight is 278 g/mol. The number of hydrogen-bond donors (Lipinski definition) is 2. The number of nitrogens with zero attached hydrogens (tertiary/aromatic N) is 1. The van der Waals surface area contributed by atoms with Gasteiger partial charge in [0.05, 0.1) is 12.2 Å². The lowest BCUT2D eigenvalue weighted by atomic mass is 9.94. The van der Waals surface area contributed by atoms with E-state index in [0.29, 0.717) is 6.54 Å². The molecule has 1 aliphatic heterocycles. The Kier molecular flexibility index (Phi) is 5.40. The van der Waals surface area contributed by atoms with E-state index in [0.717, 1.165) is 56.8 Å². The molecule has 20 heavy (non-hydrogen) atoms. The van der Waals surface area contributed by atoms with Crippen LogP contribution in [-0.4, -0.2) is 41.8 Å². The Morgan fingerprint density at radius 1 is 1.25 bits per heavy atom. The quantitative estimate of drug-likeness (QED) is 0.779. The van der Waals surface area contributed by atoms with Crippen LogP contribution in [-0.2, 0) is 6.54 Å². The van der Waals surface area contributed by atoms with Crippen LogP contribution in [0, 0.1) is 0 Å². The predicted molar refractivity (Wildman–Crippen MR) is 80.7 cm³/mol. The summed E-state index contributed by atoms with van der Waals surface area (Å²) >= 11 is 0. The molecular weight excluding hydrogens is 252 g/mol. The maximum absolute atomic E-state index is 9.89. The van der Waals surface area contributed by atoms with Gasteiger partial charge in [-0.25, -0.2) is 0 Å². The molecule has 3 N–H and O–H groups in total. The van der Waals surface area contributed by atoms with Crippen molar-refractivity contribution in [3.05, 3.63) is 29.8 Å². The molecular formula is C16H26N2O2. The summed E-state index contributed by atoms with van der Waals surface area (Å²) in [6.07, 6.45) is 2.75. The topological polar surface area (TPSA) is 58.7 Å². The van der Waals surface area contributed by atoms with Gasteiger partial charge in [-0.15, -0.1) is 0 Å². The first-order valence-electron chi connectivity index (χ1n) is 7.46. The second-order valence-electron chi connectivity index (χ2n) is 5.89. The molecule has 4 heteroatoms. The van der Waals surface area contributed by atoms with Gasteiger partial charge in [-0.2, -0.15) is 0 Å². The van der Waals surface area contributed by atoms with Gasteiger partial charge in [0.15, 0.2) is 0 Å². The van der Waals surface area contributed by atoms with E-state index in [-0.39, 0.29) is 0 Å². The van der Waals surface area contributed by atoms with Crippen molar-refractivity contribution < 1.29 is 9.84 Å². The van der Waals surface area contributed by atoms with Gasteiger partial charge in [0.1, 0.15) is 5.75 Å². The second kappa shape index (κ2) is 7.07. The normalized spacial score (nSPS) is 18.9. The van der Waals surface area contributed by atoms with Crippen LogP contribution >= 0.6 is 0 Å². The van der Waals surface area contributed by atoms with Crippen LogP contribution in [0.5, 0.6) is 5.75 Å². The minimum Gasteiger partial charge on any atom is -0.494 e. The zero-order valence-corrected chi connectivity index (χ0v) is 12.3. The van der Waals surface area contributed by atoms with Gasteiger partial charge in [-0.3, -0.25) is 0 Å². The van der Waals surface area contributed by atoms with Crippen molar-refractivity contribution in [2.75, 3.05) is 26.2 Å². The molecule has 0 aromatic heterocycles. The van der Waals surface area contributed by atoms with Crippen LogP contribution in [0.4, 0.5) is 0 Å². The zero-order valence-electron chi connectivity index (χ0n) is 12.3. The Balaban J connectivity index is 1.61. The van der Waals surface area contributed by atoms with Crippen molar-refractivity contribution in [3.63, 3.8) is 0 Å². The Bertz CT molecular complexity index is 393. The molecule has 1 heterocycles. The highest BCUT2D eigenvalue weighted by molar-refractivity contribution is 5.26. The van der Waals surface area contributed by atoms with Gasteiger partial charge in [-0.1, -0.05) is 12.1 Å². The minimum atomic E-state index is -0.461. The van der Waals surface area contributed by atoms with Crippen LogP contribution in [0.2, 0.25) is 0 Å². The maximum atomic E-state index is 9.89. The number of likely N-dealkylation sites (tertiary alicyclic amines) is 1. The smallest absolute Gasteiger partial charge is 0.119 e. The largest absolute Gasteiger partial charge is 0.494 e. The van der Waals surface area contributed by atoms with Crippen molar-refractivity contribution in [2.24, 2.45) is 5.73 Å². The van der Waals surface area contributed by atoms with E-state index in [2.05, 4.69) is 4.90 Å². The van der Waals surface area contributed by atoms with E-state index < -0.39 is 5.60 Å². The summed E-state index contributed by atoms with van der Waals surface area (Å²) in [5, 5.41) is 9.89. The maximum Gasteiger partial charge on any atom is 0.119 e. The van der Waals surface area contributed by atoms with E-state index in [1.165, 1.54) is 0 Å². The Labute approximate surface area is 121 Å². The van der Waals surface area contributed by atoms with Crippen molar-refractivity contribution in [3.8, 4) is 5.75 Å². The van der Waals surface area contributed by atoms with Crippen LogP contribution < -0.4 is 10.5 Å². The van der Waals surface area contributed by atoms with Gasteiger partial charge in [-0.05, 0) is 43.9 Å². The standard InChI is InChI=1S/C16H26N2O2/c1-16(19)7-10-18(11-8-16)9-2-12-20-15-5-3-14(13-17)4-6-15/h3-6,19H,2,7-13,17H2,1H3. The fourth-order valence-corrected chi connectivity index (χ4v) is 2.46. The van der Waals surface area contributed by atoms with Gasteiger partial charge in [0, 0.05) is 26.2 Å². The van der Waals surface area contributed by atoms with Gasteiger partial charge >= 0.3 is 0 Å². The summed E-state index contributed by atoms with van der Waals surface area (Å²) in [6.45, 7) is 6.24. The first kappa shape index (κ1) is 15.3. The highest BCUT2D eigenvalue weighted by Gasteiger charge is 2.26. The molecule has 1 fully saturated rings. The number of aliphatic hydroxyl groups is 1. The predicted octanol–water partition coefficient (Wildman–Crippen LogP) is 1.76. The van der Waals surface area contributed by atoms with Crippen LogP contribution in [0.3, 0.4) is 0 Å². The first-order chi connectivity index (χ1) is 9.59. The van der Waals surface area contributed by atoms with Crippen molar-refractivity contribution >= 4 is 0 Å². The number of rotatable bonds is 6. The molecule has 0 atom stereocenters. The molecule has 0 radical (unpaired) electrons. The van der Waals surface area contributed by atoms with Crippen molar-refractivity contribution in [1.82, 2.24) is 4.90 Å². The Morgan fingerprint density at radius 3 is 2.50 bits per heavy atom. The molecule has 0 aliphatic carbocycles. The molecule has 0 saturated carbocycles. The molecule has 0 spiro atoms. The molecule has 0 unspecified atom stereocenters. The summed E-state index contributed by atoms with van der Waals surface area (Å²) in [4.78, 5) is 2.40. The summed E-state index contributed by atoms with van der Waals surface area (Å²) in [6, 6.07) is 7.95. The van der Waals surface area contributed by atoms with Crippen molar-refractivity contribution in [2.45, 2.75) is 38.3 Å². The highest BCUT2D eigenvalue weighted by atomic mass is 16.5. The Hall–Kier alpha value is -1.10. The average Bonchev–Trinajstić information content (AvgIpc) is 2.46. The number of nitrogens with two attached hydrogens (primary N) is 1. The van der Waals surface area contributed by atoms with E-state index in [1.54, 1.807) is 0 Å². The molecule has 1 aliphatic rings. The lowest BCUT2D eigenvalue weighted by molar-refractivity contribution is -0.00603. The summed E-state index contributed by atoms with van der Waals surface area (Å²) in [5.41, 5.74) is 6.22. The molecule has 1 aromatic carbocycles. The lowest BCUT2D eigenvalue weighted by Crippen LogP contribution is -2.42. The van der Waals surface area contributed by atoms with Gasteiger partial charge in [0.25, 0.3) is 0 Å². The zero-order chi connectivity index (χ0) is 14.4. The van der Waals surface area contributed by atoms with E-state index in [4.69, 9.17) is 10.5 Å². The van der Waals surface area contributed by atoms with Crippen LogP contribution in [0.1, 0.15) is 31.7 Å². The molecule has 1 aromatic rings. The number of benzene rings is 1. The molecule has 0 amide bonds. The highest BCUT2D eigenvalue weighted by Crippen LogP contribution is 2.21. The van der Waals surface area contributed by atoms with Gasteiger partial charge in [0.2, 0.25) is 0 Å². The Morgan fingerprint density at radius 2 is 1.90 bits per heavy atom. The van der Waals surface area contributed by atoms with E-state index in [1.807, 2.05) is 31.2 Å². The summed E-state index contributed by atoms with van der Waals surface area (Å²) in [7, 11) is 0.